The van der Waals surface area contributed by atoms with Gasteiger partial charge in [-0.15, -0.1) is 0 Å². The first kappa shape index (κ1) is 22.5. The fourth-order valence-corrected chi connectivity index (χ4v) is 3.92. The van der Waals surface area contributed by atoms with E-state index in [1.165, 1.54) is 28.3 Å². The molecule has 30 heavy (non-hydrogen) atoms. The lowest BCUT2D eigenvalue weighted by Crippen LogP contribution is -2.66. The average Bonchev–Trinajstić information content (AvgIpc) is 2.75. The van der Waals surface area contributed by atoms with Gasteiger partial charge in [-0.05, 0) is 31.0 Å². The van der Waals surface area contributed by atoms with Gasteiger partial charge in [-0.2, -0.15) is 0 Å². The summed E-state index contributed by atoms with van der Waals surface area (Å²) in [5, 5.41) is 11.0. The Bertz CT molecular complexity index is 779. The van der Waals surface area contributed by atoms with Gasteiger partial charge in [0.05, 0.1) is 25.7 Å². The highest BCUT2D eigenvalue weighted by molar-refractivity contribution is 5.80. The minimum atomic E-state index is -1.48. The monoisotopic (exact) mass is 424 g/mol. The Hall–Kier alpha value is -2.20. The number of aliphatic hydroxyl groups is 1. The Morgan fingerprint density at radius 2 is 1.67 bits per heavy atom. The van der Waals surface area contributed by atoms with E-state index in [4.69, 9.17) is 28.4 Å². The van der Waals surface area contributed by atoms with Gasteiger partial charge in [-0.1, -0.05) is 12.1 Å². The van der Waals surface area contributed by atoms with E-state index in [0.29, 0.717) is 17.7 Å². The largest absolute Gasteiger partial charge is 0.497 e. The Morgan fingerprint density at radius 3 is 2.23 bits per heavy atom. The van der Waals surface area contributed by atoms with Gasteiger partial charge in [0.2, 0.25) is 5.79 Å². The predicted octanol–water partition coefficient (Wildman–Crippen LogP) is 1.58. The van der Waals surface area contributed by atoms with E-state index >= 15 is 0 Å². The average molecular weight is 424 g/mol. The third-order valence-corrected chi connectivity index (χ3v) is 6.10. The van der Waals surface area contributed by atoms with Crippen molar-refractivity contribution in [3.8, 4) is 5.75 Å². The van der Waals surface area contributed by atoms with Crippen LogP contribution < -0.4 is 4.74 Å². The van der Waals surface area contributed by atoms with Gasteiger partial charge < -0.3 is 33.5 Å². The predicted molar refractivity (Wildman–Crippen MR) is 102 cm³/mol. The minimum absolute atomic E-state index is 0.105. The molecule has 0 unspecified atom stereocenters. The van der Waals surface area contributed by atoms with Crippen LogP contribution in [0.4, 0.5) is 0 Å². The summed E-state index contributed by atoms with van der Waals surface area (Å²) in [5.74, 6) is -5.30. The number of cyclic esters (lactones) is 2. The molecule has 9 nitrogen and oxygen atoms in total. The zero-order valence-electron chi connectivity index (χ0n) is 17.7. The third-order valence-electron chi connectivity index (χ3n) is 6.10. The summed E-state index contributed by atoms with van der Waals surface area (Å²) in [7, 11) is 4.32. The lowest BCUT2D eigenvalue weighted by Gasteiger charge is -2.50. The van der Waals surface area contributed by atoms with Crippen LogP contribution in [0.25, 0.3) is 0 Å². The summed E-state index contributed by atoms with van der Waals surface area (Å²) < 4.78 is 32.7. The van der Waals surface area contributed by atoms with Crippen molar-refractivity contribution in [3.63, 3.8) is 0 Å². The molecule has 0 aromatic heterocycles. The highest BCUT2D eigenvalue weighted by atomic mass is 16.8. The molecular formula is C21H28O9. The molecule has 1 N–H and O–H groups in total. The molecule has 0 saturated carbocycles. The summed E-state index contributed by atoms with van der Waals surface area (Å²) >= 11 is 0. The van der Waals surface area contributed by atoms with Gasteiger partial charge >= 0.3 is 11.9 Å². The van der Waals surface area contributed by atoms with E-state index in [9.17, 15) is 14.7 Å². The normalized spacial score (nSPS) is 35.3. The molecule has 2 heterocycles. The zero-order chi connectivity index (χ0) is 22.1. The van der Waals surface area contributed by atoms with Crippen LogP contribution in [0.5, 0.6) is 5.75 Å². The Kier molecular flexibility index (Phi) is 6.37. The highest BCUT2D eigenvalue weighted by Gasteiger charge is 2.60. The second-order valence-electron chi connectivity index (χ2n) is 7.62. The molecule has 6 atom stereocenters. The number of methoxy groups -OCH3 is 3. The van der Waals surface area contributed by atoms with Crippen molar-refractivity contribution >= 4 is 11.9 Å². The van der Waals surface area contributed by atoms with Crippen molar-refractivity contribution in [2.45, 2.75) is 44.1 Å². The van der Waals surface area contributed by atoms with Crippen molar-refractivity contribution < 1.29 is 43.1 Å². The second kappa shape index (κ2) is 8.50. The third kappa shape index (κ3) is 3.78. The first-order valence-electron chi connectivity index (χ1n) is 9.69. The zero-order valence-corrected chi connectivity index (χ0v) is 17.7. The van der Waals surface area contributed by atoms with Crippen LogP contribution in [0.3, 0.4) is 0 Å². The topological polar surface area (TPSA) is 110 Å². The summed E-state index contributed by atoms with van der Waals surface area (Å²) in [6, 6.07) is 6.67. The van der Waals surface area contributed by atoms with Crippen molar-refractivity contribution in [2.24, 2.45) is 11.8 Å². The van der Waals surface area contributed by atoms with Gasteiger partial charge in [0.1, 0.15) is 5.75 Å². The van der Waals surface area contributed by atoms with Crippen LogP contribution in [0, 0.1) is 11.8 Å². The van der Waals surface area contributed by atoms with Crippen LogP contribution in [0.1, 0.15) is 31.9 Å². The molecule has 1 aromatic carbocycles. The van der Waals surface area contributed by atoms with Gasteiger partial charge in [0.25, 0.3) is 5.79 Å². The molecule has 2 aliphatic heterocycles. The quantitative estimate of drug-likeness (QED) is 0.681. The number of carbonyl (C=O) groups is 2. The Labute approximate surface area is 175 Å². The minimum Gasteiger partial charge on any atom is -0.497 e. The fraction of sp³-hybridized carbons (Fsp3) is 0.619. The first-order valence-corrected chi connectivity index (χ1v) is 9.69. The number of hydrogen-bond acceptors (Lipinski definition) is 9. The Morgan fingerprint density at radius 1 is 1.03 bits per heavy atom. The summed E-state index contributed by atoms with van der Waals surface area (Å²) in [6.07, 6.45) is -2.05. The molecule has 2 fully saturated rings. The van der Waals surface area contributed by atoms with Crippen LogP contribution in [0.15, 0.2) is 24.3 Å². The van der Waals surface area contributed by atoms with Gasteiger partial charge in [0.15, 0.2) is 6.10 Å². The number of benzene rings is 1. The van der Waals surface area contributed by atoms with Crippen molar-refractivity contribution in [2.75, 3.05) is 27.9 Å². The number of esters is 2. The standard InChI is InChI=1S/C21H28O9/c1-20(26-4)21(2,27-5)30-19(24)17(29-20)14-10-11-28-18(23)15(14)16(22)12-6-8-13(25-3)9-7-12/h6-9,14-17,22H,10-11H2,1-5H3/t14-,15-,16-,17+,20-,21-/m0/s1. The SMILES string of the molecule is COc1ccc([C@H](O)[C@H]2C(=O)OCC[C@@H]2[C@H]2O[C@](C)(OC)[C@@](C)(OC)OC2=O)cc1. The van der Waals surface area contributed by atoms with Crippen molar-refractivity contribution in [1.29, 1.82) is 0 Å². The molecule has 2 aliphatic rings. The molecule has 0 aliphatic carbocycles. The molecular weight excluding hydrogens is 396 g/mol. The number of hydrogen-bond donors (Lipinski definition) is 1. The van der Waals surface area contributed by atoms with Gasteiger partial charge in [0, 0.05) is 27.1 Å². The lowest BCUT2D eigenvalue weighted by molar-refractivity contribution is -0.410. The molecule has 0 spiro atoms. The van der Waals surface area contributed by atoms with Crippen molar-refractivity contribution in [1.82, 2.24) is 0 Å². The maximum atomic E-state index is 12.8. The van der Waals surface area contributed by atoms with Crippen LogP contribution >= 0.6 is 0 Å². The van der Waals surface area contributed by atoms with E-state index in [1.54, 1.807) is 31.2 Å². The number of carbonyl (C=O) groups excluding carboxylic acids is 2. The summed E-state index contributed by atoms with van der Waals surface area (Å²) in [5.41, 5.74) is 0.491. The summed E-state index contributed by atoms with van der Waals surface area (Å²) in [4.78, 5) is 25.5. The smallest absolute Gasteiger partial charge is 0.338 e. The highest BCUT2D eigenvalue weighted by Crippen LogP contribution is 2.44. The van der Waals surface area contributed by atoms with E-state index in [1.807, 2.05) is 0 Å². The second-order valence-corrected chi connectivity index (χ2v) is 7.62. The number of aliphatic hydroxyl groups excluding tert-OH is 1. The molecule has 9 heteroatoms. The molecule has 0 radical (unpaired) electrons. The van der Waals surface area contributed by atoms with E-state index < -0.39 is 47.6 Å². The number of ether oxygens (including phenoxy) is 6. The molecule has 166 valence electrons. The Balaban J connectivity index is 1.92. The van der Waals surface area contributed by atoms with E-state index in [0.717, 1.165) is 0 Å². The number of rotatable bonds is 6. The summed E-state index contributed by atoms with van der Waals surface area (Å²) in [6.45, 7) is 3.23. The van der Waals surface area contributed by atoms with E-state index in [-0.39, 0.29) is 6.61 Å². The van der Waals surface area contributed by atoms with Crippen molar-refractivity contribution in [3.05, 3.63) is 29.8 Å². The van der Waals surface area contributed by atoms with Crippen LogP contribution in [-0.4, -0.2) is 62.7 Å². The van der Waals surface area contributed by atoms with Gasteiger partial charge in [-0.3, -0.25) is 4.79 Å². The molecule has 0 bridgehead atoms. The first-order chi connectivity index (χ1) is 14.2. The van der Waals surface area contributed by atoms with Crippen LogP contribution in [0.2, 0.25) is 0 Å². The van der Waals surface area contributed by atoms with Gasteiger partial charge in [-0.25, -0.2) is 4.79 Å². The fourth-order valence-electron chi connectivity index (χ4n) is 3.92. The molecule has 1 aromatic rings. The lowest BCUT2D eigenvalue weighted by atomic mass is 9.77. The maximum Gasteiger partial charge on any atom is 0.338 e. The van der Waals surface area contributed by atoms with E-state index in [2.05, 4.69) is 0 Å². The van der Waals surface area contributed by atoms with Crippen LogP contribution in [-0.2, 0) is 33.3 Å². The molecule has 2 saturated heterocycles. The molecule has 0 amide bonds. The maximum absolute atomic E-state index is 12.8. The molecule has 3 rings (SSSR count).